The van der Waals surface area contributed by atoms with E-state index in [-0.39, 0.29) is 17.9 Å². The minimum Gasteiger partial charge on any atom is -0.460 e. The number of halogens is 1. The zero-order valence-electron chi connectivity index (χ0n) is 8.64. The van der Waals surface area contributed by atoms with Crippen LogP contribution in [-0.2, 0) is 9.84 Å². The Balaban J connectivity index is 2.66. The highest BCUT2D eigenvalue weighted by Crippen LogP contribution is 2.19. The average molecular weight is 310 g/mol. The van der Waals surface area contributed by atoms with Crippen LogP contribution in [0.1, 0.15) is 17.0 Å². The minimum atomic E-state index is -3.11. The molecule has 5 nitrogen and oxygen atoms in total. The van der Waals surface area contributed by atoms with Crippen LogP contribution in [0.15, 0.2) is 21.2 Å². The first kappa shape index (κ1) is 13.4. The van der Waals surface area contributed by atoms with Crippen molar-refractivity contribution in [3.8, 4) is 0 Å². The second-order valence-electron chi connectivity index (χ2n) is 3.49. The molecule has 0 saturated carbocycles. The lowest BCUT2D eigenvalue weighted by molar-refractivity contribution is 0.0931. The number of carbonyl (C=O) groups excluding carboxylic acids is 1. The Morgan fingerprint density at radius 2 is 2.25 bits per heavy atom. The largest absolute Gasteiger partial charge is 0.460 e. The van der Waals surface area contributed by atoms with Crippen LogP contribution in [0.5, 0.6) is 0 Å². The Morgan fingerprint density at radius 1 is 1.62 bits per heavy atom. The van der Waals surface area contributed by atoms with Gasteiger partial charge < -0.3 is 10.2 Å². The van der Waals surface area contributed by atoms with Crippen LogP contribution >= 0.6 is 15.9 Å². The lowest BCUT2D eigenvalue weighted by Gasteiger charge is -2.07. The number of furan rings is 1. The molecule has 0 aromatic carbocycles. The molecule has 0 amide bonds. The zero-order chi connectivity index (χ0) is 12.3. The average Bonchev–Trinajstić information content (AvgIpc) is 2.58. The van der Waals surface area contributed by atoms with Gasteiger partial charge in [-0.3, -0.25) is 4.79 Å². The maximum absolute atomic E-state index is 11.7. The second-order valence-corrected chi connectivity index (χ2v) is 6.60. The maximum atomic E-state index is 11.7. The molecule has 1 aromatic heterocycles. The highest BCUT2D eigenvalue weighted by atomic mass is 79.9. The molecule has 90 valence electrons. The van der Waals surface area contributed by atoms with Gasteiger partial charge in [0.2, 0.25) is 5.78 Å². The van der Waals surface area contributed by atoms with Gasteiger partial charge in [-0.15, -0.1) is 0 Å². The molecule has 0 spiro atoms. The van der Waals surface area contributed by atoms with E-state index in [9.17, 15) is 13.2 Å². The van der Waals surface area contributed by atoms with Crippen LogP contribution in [0, 0.1) is 0 Å². The van der Waals surface area contributed by atoms with Crippen molar-refractivity contribution in [2.75, 3.05) is 12.0 Å². The first-order valence-electron chi connectivity index (χ1n) is 4.52. The third kappa shape index (κ3) is 3.73. The van der Waals surface area contributed by atoms with Gasteiger partial charge in [-0.25, -0.2) is 8.42 Å². The van der Waals surface area contributed by atoms with Crippen molar-refractivity contribution in [2.45, 2.75) is 12.5 Å². The minimum absolute atomic E-state index is 0.0881. The summed E-state index contributed by atoms with van der Waals surface area (Å²) in [5, 5.41) is 0. The Kier molecular flexibility index (Phi) is 4.28. The fraction of sp³-hybridized carbons (Fsp3) is 0.444. The molecule has 0 aliphatic rings. The molecule has 0 saturated heterocycles. The predicted octanol–water partition coefficient (Wildman–Crippen LogP) is 0.987. The number of hydrogen-bond donors (Lipinski definition) is 1. The standard InChI is InChI=1S/C9H12BrNO4S/c1-16(13,14)5-3-7(11)8(12)9-6(10)2-4-15-9/h2,4,7H,3,5,11H2,1H3. The van der Waals surface area contributed by atoms with Gasteiger partial charge in [-0.05, 0) is 28.4 Å². The summed E-state index contributed by atoms with van der Waals surface area (Å²) in [4.78, 5) is 11.7. The van der Waals surface area contributed by atoms with Crippen molar-refractivity contribution in [3.05, 3.63) is 22.6 Å². The van der Waals surface area contributed by atoms with Gasteiger partial charge in [-0.1, -0.05) is 0 Å². The van der Waals surface area contributed by atoms with Gasteiger partial charge in [-0.2, -0.15) is 0 Å². The third-order valence-electron chi connectivity index (χ3n) is 1.98. The summed E-state index contributed by atoms with van der Waals surface area (Å²) >= 11 is 3.14. The van der Waals surface area contributed by atoms with Crippen molar-refractivity contribution >= 4 is 31.6 Å². The number of nitrogens with two attached hydrogens (primary N) is 1. The molecule has 0 radical (unpaired) electrons. The summed E-state index contributed by atoms with van der Waals surface area (Å²) in [6, 6.07) is 0.716. The van der Waals surface area contributed by atoms with E-state index in [1.54, 1.807) is 6.07 Å². The summed E-state index contributed by atoms with van der Waals surface area (Å²) in [6.07, 6.45) is 2.55. The molecule has 1 heterocycles. The van der Waals surface area contributed by atoms with E-state index in [1.165, 1.54) is 6.26 Å². The highest BCUT2D eigenvalue weighted by molar-refractivity contribution is 9.10. The molecule has 0 aliphatic heterocycles. The van der Waals surface area contributed by atoms with Crippen molar-refractivity contribution in [2.24, 2.45) is 5.73 Å². The van der Waals surface area contributed by atoms with E-state index in [2.05, 4.69) is 15.9 Å². The Morgan fingerprint density at radius 3 is 2.69 bits per heavy atom. The van der Waals surface area contributed by atoms with Gasteiger partial charge in [0.15, 0.2) is 5.76 Å². The van der Waals surface area contributed by atoms with E-state index < -0.39 is 21.7 Å². The number of Topliss-reactive ketones (excluding diaryl/α,β-unsaturated/α-hetero) is 1. The van der Waals surface area contributed by atoms with E-state index >= 15 is 0 Å². The molecule has 2 N–H and O–H groups in total. The molecule has 0 fully saturated rings. The second kappa shape index (κ2) is 5.11. The van der Waals surface area contributed by atoms with E-state index in [1.807, 2.05) is 0 Å². The normalized spacial score (nSPS) is 13.7. The van der Waals surface area contributed by atoms with Gasteiger partial charge in [0.25, 0.3) is 0 Å². The highest BCUT2D eigenvalue weighted by Gasteiger charge is 2.22. The number of ketones is 1. The smallest absolute Gasteiger partial charge is 0.215 e. The summed E-state index contributed by atoms with van der Waals surface area (Å²) in [5.41, 5.74) is 5.59. The van der Waals surface area contributed by atoms with Crippen molar-refractivity contribution in [1.82, 2.24) is 0 Å². The Bertz CT molecular complexity index is 479. The fourth-order valence-electron chi connectivity index (χ4n) is 1.11. The lowest BCUT2D eigenvalue weighted by atomic mass is 10.1. The molecule has 16 heavy (non-hydrogen) atoms. The molecule has 1 atom stereocenters. The molecule has 0 aliphatic carbocycles. The van der Waals surface area contributed by atoms with Crippen molar-refractivity contribution < 1.29 is 17.6 Å². The predicted molar refractivity (Wildman–Crippen MR) is 63.0 cm³/mol. The van der Waals surface area contributed by atoms with Crippen molar-refractivity contribution in [3.63, 3.8) is 0 Å². The molecule has 1 aromatic rings. The lowest BCUT2D eigenvalue weighted by Crippen LogP contribution is -2.32. The van der Waals surface area contributed by atoms with Crippen LogP contribution in [0.4, 0.5) is 0 Å². The monoisotopic (exact) mass is 309 g/mol. The van der Waals surface area contributed by atoms with Crippen LogP contribution in [0.25, 0.3) is 0 Å². The van der Waals surface area contributed by atoms with Crippen LogP contribution < -0.4 is 5.73 Å². The zero-order valence-corrected chi connectivity index (χ0v) is 11.0. The molecular formula is C9H12BrNO4S. The summed E-state index contributed by atoms with van der Waals surface area (Å²) < 4.78 is 27.3. The van der Waals surface area contributed by atoms with E-state index in [0.29, 0.717) is 4.47 Å². The quantitative estimate of drug-likeness (QED) is 0.819. The topological polar surface area (TPSA) is 90.4 Å². The summed E-state index contributed by atoms with van der Waals surface area (Å²) in [7, 11) is -3.11. The first-order valence-corrected chi connectivity index (χ1v) is 7.37. The van der Waals surface area contributed by atoms with Gasteiger partial charge in [0, 0.05) is 6.26 Å². The number of sulfone groups is 1. The SMILES string of the molecule is CS(=O)(=O)CCC(N)C(=O)c1occc1Br. The van der Waals surface area contributed by atoms with Crippen LogP contribution in [0.3, 0.4) is 0 Å². The number of carbonyl (C=O) groups is 1. The molecule has 1 rings (SSSR count). The summed E-state index contributed by atoms with van der Waals surface area (Å²) in [6.45, 7) is 0. The van der Waals surface area contributed by atoms with Gasteiger partial charge in [0.1, 0.15) is 9.84 Å². The van der Waals surface area contributed by atoms with Gasteiger partial charge in [0.05, 0.1) is 22.5 Å². The molecule has 0 bridgehead atoms. The van der Waals surface area contributed by atoms with Crippen molar-refractivity contribution in [1.29, 1.82) is 0 Å². The van der Waals surface area contributed by atoms with Crippen LogP contribution in [-0.4, -0.2) is 32.3 Å². The maximum Gasteiger partial charge on any atom is 0.215 e. The number of hydrogen-bond acceptors (Lipinski definition) is 5. The third-order valence-corrected chi connectivity index (χ3v) is 3.58. The first-order chi connectivity index (χ1) is 7.31. The fourth-order valence-corrected chi connectivity index (χ4v) is 2.19. The van der Waals surface area contributed by atoms with E-state index in [0.717, 1.165) is 6.26 Å². The molecular weight excluding hydrogens is 298 g/mol. The number of rotatable bonds is 5. The Labute approximate surface area is 102 Å². The molecule has 1 unspecified atom stereocenters. The van der Waals surface area contributed by atoms with Crippen LogP contribution in [0.2, 0.25) is 0 Å². The van der Waals surface area contributed by atoms with Gasteiger partial charge >= 0.3 is 0 Å². The Hall–Kier alpha value is -0.660. The summed E-state index contributed by atoms with van der Waals surface area (Å²) in [5.74, 6) is -0.389. The van der Waals surface area contributed by atoms with E-state index in [4.69, 9.17) is 10.2 Å². The molecule has 7 heteroatoms.